The van der Waals surface area contributed by atoms with E-state index in [9.17, 15) is 0 Å². The van der Waals surface area contributed by atoms with Gasteiger partial charge in [0.2, 0.25) is 5.88 Å². The van der Waals surface area contributed by atoms with E-state index < -0.39 is 0 Å². The van der Waals surface area contributed by atoms with Crippen LogP contribution in [0.5, 0.6) is 5.88 Å². The van der Waals surface area contributed by atoms with E-state index in [1.807, 2.05) is 18.3 Å². The number of pyridine rings is 1. The maximum absolute atomic E-state index is 6.12. The van der Waals surface area contributed by atoms with Gasteiger partial charge in [0.1, 0.15) is 5.69 Å². The number of aryl methyl sites for hydroxylation is 1. The van der Waals surface area contributed by atoms with Crippen LogP contribution < -0.4 is 10.5 Å². The minimum absolute atomic E-state index is 0.186. The summed E-state index contributed by atoms with van der Waals surface area (Å²) in [4.78, 5) is 12.4. The normalized spacial score (nSPS) is 12.1. The molecule has 5 heteroatoms. The molecule has 0 fully saturated rings. The minimum atomic E-state index is -0.186. The van der Waals surface area contributed by atoms with Gasteiger partial charge in [0.25, 0.3) is 0 Å². The van der Waals surface area contributed by atoms with Crippen LogP contribution in [-0.2, 0) is 6.42 Å². The molecule has 0 radical (unpaired) electrons. The molecule has 1 unspecified atom stereocenters. The summed E-state index contributed by atoms with van der Waals surface area (Å²) in [5.41, 5.74) is 7.98. The van der Waals surface area contributed by atoms with Gasteiger partial charge in [-0.15, -0.1) is 0 Å². The number of hydrogen-bond donors (Lipinski definition) is 1. The van der Waals surface area contributed by atoms with Crippen LogP contribution in [0.15, 0.2) is 36.9 Å². The first-order chi connectivity index (χ1) is 8.81. The molecule has 94 valence electrons. The van der Waals surface area contributed by atoms with Crippen molar-refractivity contribution in [3.63, 3.8) is 0 Å². The second kappa shape index (κ2) is 6.07. The molecule has 2 aromatic rings. The van der Waals surface area contributed by atoms with E-state index in [0.29, 0.717) is 11.6 Å². The zero-order valence-corrected chi connectivity index (χ0v) is 10.3. The van der Waals surface area contributed by atoms with Gasteiger partial charge in [0.15, 0.2) is 0 Å². The van der Waals surface area contributed by atoms with Crippen molar-refractivity contribution in [2.24, 2.45) is 5.73 Å². The van der Waals surface area contributed by atoms with Crippen LogP contribution in [0.3, 0.4) is 0 Å². The molecule has 0 bridgehead atoms. The maximum atomic E-state index is 6.12. The lowest BCUT2D eigenvalue weighted by molar-refractivity contribution is 0.383. The summed E-state index contributed by atoms with van der Waals surface area (Å²) in [7, 11) is 1.57. The van der Waals surface area contributed by atoms with E-state index in [1.54, 1.807) is 25.7 Å². The molecule has 2 rings (SSSR count). The van der Waals surface area contributed by atoms with Gasteiger partial charge in [0, 0.05) is 24.8 Å². The number of nitrogens with two attached hydrogens (primary N) is 1. The Hall–Kier alpha value is -2.01. The van der Waals surface area contributed by atoms with Gasteiger partial charge in [-0.05, 0) is 24.5 Å². The molecular weight excluding hydrogens is 228 g/mol. The van der Waals surface area contributed by atoms with Crippen LogP contribution in [-0.4, -0.2) is 22.1 Å². The van der Waals surface area contributed by atoms with E-state index in [-0.39, 0.29) is 6.04 Å². The summed E-state index contributed by atoms with van der Waals surface area (Å²) >= 11 is 0. The SMILES string of the molecule is COc1nccnc1C(N)CCc1cccnc1. The van der Waals surface area contributed by atoms with Crippen molar-refractivity contribution < 1.29 is 4.74 Å². The maximum Gasteiger partial charge on any atom is 0.236 e. The van der Waals surface area contributed by atoms with E-state index in [2.05, 4.69) is 15.0 Å². The highest BCUT2D eigenvalue weighted by Gasteiger charge is 2.14. The Labute approximate surface area is 106 Å². The molecule has 0 saturated heterocycles. The zero-order valence-electron chi connectivity index (χ0n) is 10.3. The predicted octanol–water partition coefficient (Wildman–Crippen LogP) is 1.51. The number of ether oxygens (including phenoxy) is 1. The summed E-state index contributed by atoms with van der Waals surface area (Å²) in [5, 5.41) is 0. The number of nitrogens with zero attached hydrogens (tertiary/aromatic N) is 3. The summed E-state index contributed by atoms with van der Waals surface area (Å²) in [6.45, 7) is 0. The molecule has 2 heterocycles. The first-order valence-electron chi connectivity index (χ1n) is 5.80. The topological polar surface area (TPSA) is 73.9 Å². The average Bonchev–Trinajstić information content (AvgIpc) is 2.45. The Bertz CT molecular complexity index is 489. The van der Waals surface area contributed by atoms with Crippen LogP contribution in [0.1, 0.15) is 23.7 Å². The van der Waals surface area contributed by atoms with Crippen LogP contribution in [0.25, 0.3) is 0 Å². The summed E-state index contributed by atoms with van der Waals surface area (Å²) in [5.74, 6) is 0.496. The smallest absolute Gasteiger partial charge is 0.236 e. The van der Waals surface area contributed by atoms with Crippen LogP contribution in [0.4, 0.5) is 0 Å². The first-order valence-corrected chi connectivity index (χ1v) is 5.80. The third kappa shape index (κ3) is 3.01. The van der Waals surface area contributed by atoms with Crippen molar-refractivity contribution in [1.29, 1.82) is 0 Å². The van der Waals surface area contributed by atoms with Crippen molar-refractivity contribution in [2.75, 3.05) is 7.11 Å². The Kier molecular flexibility index (Phi) is 4.20. The van der Waals surface area contributed by atoms with Crippen molar-refractivity contribution >= 4 is 0 Å². The fraction of sp³-hybridized carbons (Fsp3) is 0.308. The van der Waals surface area contributed by atoms with Crippen LogP contribution >= 0.6 is 0 Å². The zero-order chi connectivity index (χ0) is 12.8. The van der Waals surface area contributed by atoms with Gasteiger partial charge in [0.05, 0.1) is 13.2 Å². The highest BCUT2D eigenvalue weighted by molar-refractivity contribution is 5.21. The summed E-state index contributed by atoms with van der Waals surface area (Å²) in [6.07, 6.45) is 8.46. The number of rotatable bonds is 5. The molecule has 18 heavy (non-hydrogen) atoms. The van der Waals surface area contributed by atoms with Gasteiger partial charge < -0.3 is 10.5 Å². The van der Waals surface area contributed by atoms with E-state index >= 15 is 0 Å². The molecule has 2 aromatic heterocycles. The van der Waals surface area contributed by atoms with E-state index in [0.717, 1.165) is 18.4 Å². The lowest BCUT2D eigenvalue weighted by atomic mass is 10.1. The van der Waals surface area contributed by atoms with Crippen molar-refractivity contribution in [3.05, 3.63) is 48.2 Å². The minimum Gasteiger partial charge on any atom is -0.480 e. The Morgan fingerprint density at radius 3 is 2.83 bits per heavy atom. The lowest BCUT2D eigenvalue weighted by Gasteiger charge is -2.13. The second-order valence-electron chi connectivity index (χ2n) is 3.96. The quantitative estimate of drug-likeness (QED) is 0.863. The highest BCUT2D eigenvalue weighted by atomic mass is 16.5. The molecule has 0 spiro atoms. The summed E-state index contributed by atoms with van der Waals surface area (Å²) < 4.78 is 5.15. The highest BCUT2D eigenvalue weighted by Crippen LogP contribution is 2.21. The monoisotopic (exact) mass is 244 g/mol. The summed E-state index contributed by atoms with van der Waals surface area (Å²) in [6, 6.07) is 3.77. The standard InChI is InChI=1S/C13H16N4O/c1-18-13-12(16-7-8-17-13)11(14)5-4-10-3-2-6-15-9-10/h2-3,6-9,11H,4-5,14H2,1H3. The largest absolute Gasteiger partial charge is 0.480 e. The van der Waals surface area contributed by atoms with Gasteiger partial charge in [-0.3, -0.25) is 9.97 Å². The Morgan fingerprint density at radius 1 is 1.28 bits per heavy atom. The number of methoxy groups -OCH3 is 1. The molecular formula is C13H16N4O. The molecule has 5 nitrogen and oxygen atoms in total. The third-order valence-corrected chi connectivity index (χ3v) is 2.70. The van der Waals surface area contributed by atoms with Gasteiger partial charge in [-0.2, -0.15) is 0 Å². The van der Waals surface area contributed by atoms with E-state index in [1.165, 1.54) is 0 Å². The Morgan fingerprint density at radius 2 is 2.11 bits per heavy atom. The Balaban J connectivity index is 2.01. The third-order valence-electron chi connectivity index (χ3n) is 2.70. The molecule has 0 aromatic carbocycles. The van der Waals surface area contributed by atoms with Crippen molar-refractivity contribution in [3.8, 4) is 5.88 Å². The van der Waals surface area contributed by atoms with Gasteiger partial charge >= 0.3 is 0 Å². The molecule has 1 atom stereocenters. The van der Waals surface area contributed by atoms with E-state index in [4.69, 9.17) is 10.5 Å². The fourth-order valence-corrected chi connectivity index (χ4v) is 1.75. The van der Waals surface area contributed by atoms with Crippen molar-refractivity contribution in [1.82, 2.24) is 15.0 Å². The van der Waals surface area contributed by atoms with Crippen LogP contribution in [0, 0.1) is 0 Å². The predicted molar refractivity (Wildman–Crippen MR) is 68.1 cm³/mol. The first kappa shape index (κ1) is 12.4. The molecule has 0 saturated carbocycles. The average molecular weight is 244 g/mol. The number of aromatic nitrogens is 3. The molecule has 0 aliphatic heterocycles. The molecule has 0 amide bonds. The number of hydrogen-bond acceptors (Lipinski definition) is 5. The molecule has 2 N–H and O–H groups in total. The fourth-order valence-electron chi connectivity index (χ4n) is 1.75. The molecule has 0 aliphatic carbocycles. The molecule has 0 aliphatic rings. The lowest BCUT2D eigenvalue weighted by Crippen LogP contribution is -2.15. The van der Waals surface area contributed by atoms with Gasteiger partial charge in [-0.1, -0.05) is 6.07 Å². The second-order valence-corrected chi connectivity index (χ2v) is 3.96. The van der Waals surface area contributed by atoms with Crippen molar-refractivity contribution in [2.45, 2.75) is 18.9 Å². The van der Waals surface area contributed by atoms with Gasteiger partial charge in [-0.25, -0.2) is 4.98 Å². The van der Waals surface area contributed by atoms with Crippen LogP contribution in [0.2, 0.25) is 0 Å².